The smallest absolute Gasteiger partial charge is 0.255 e. The zero-order chi connectivity index (χ0) is 26.8. The molecule has 3 amide bonds. The lowest BCUT2D eigenvalue weighted by Gasteiger charge is -2.29. The van der Waals surface area contributed by atoms with E-state index in [0.717, 1.165) is 24.2 Å². The first-order valence-corrected chi connectivity index (χ1v) is 12.6. The summed E-state index contributed by atoms with van der Waals surface area (Å²) in [6.45, 7) is 2.26. The SMILES string of the molecule is CN(C)CCn1ccc2cc(N/C=C(\N)COc3cccc4c3CN(C3CCC(=O)NC3=O)C4=O)ccc21. The molecule has 2 aliphatic rings. The van der Waals surface area contributed by atoms with E-state index in [-0.39, 0.29) is 31.4 Å². The van der Waals surface area contributed by atoms with Crippen molar-refractivity contribution in [2.24, 2.45) is 5.73 Å². The van der Waals surface area contributed by atoms with Gasteiger partial charge in [0.25, 0.3) is 5.91 Å². The van der Waals surface area contributed by atoms with Gasteiger partial charge in [-0.15, -0.1) is 0 Å². The number of nitrogens with two attached hydrogens (primary N) is 1. The van der Waals surface area contributed by atoms with Gasteiger partial charge in [-0.05, 0) is 56.9 Å². The summed E-state index contributed by atoms with van der Waals surface area (Å²) < 4.78 is 8.21. The number of anilines is 1. The molecule has 2 aliphatic heterocycles. The second-order valence-electron chi connectivity index (χ2n) is 9.92. The van der Waals surface area contributed by atoms with Gasteiger partial charge in [-0.25, -0.2) is 0 Å². The number of ether oxygens (including phenoxy) is 1. The number of piperidine rings is 1. The van der Waals surface area contributed by atoms with Gasteiger partial charge in [0.15, 0.2) is 0 Å². The Morgan fingerprint density at radius 3 is 2.84 bits per heavy atom. The molecule has 1 atom stereocenters. The topological polar surface area (TPSA) is 122 Å². The predicted molar refractivity (Wildman–Crippen MR) is 144 cm³/mol. The molecule has 0 spiro atoms. The Morgan fingerprint density at radius 1 is 1.21 bits per heavy atom. The molecule has 4 N–H and O–H groups in total. The van der Waals surface area contributed by atoms with Crippen LogP contribution in [0, 0.1) is 0 Å². The van der Waals surface area contributed by atoms with Crippen LogP contribution < -0.4 is 21.1 Å². The lowest BCUT2D eigenvalue weighted by atomic mass is 10.0. The number of imide groups is 1. The van der Waals surface area contributed by atoms with Crippen molar-refractivity contribution in [1.82, 2.24) is 19.7 Å². The van der Waals surface area contributed by atoms with Gasteiger partial charge in [0.1, 0.15) is 18.4 Å². The number of nitrogens with zero attached hydrogens (tertiary/aromatic N) is 3. The summed E-state index contributed by atoms with van der Waals surface area (Å²) in [5.41, 5.74) is 9.99. The maximum absolute atomic E-state index is 13.0. The number of carbonyl (C=O) groups is 3. The largest absolute Gasteiger partial charge is 0.487 e. The zero-order valence-corrected chi connectivity index (χ0v) is 21.6. The van der Waals surface area contributed by atoms with Gasteiger partial charge in [-0.3, -0.25) is 19.7 Å². The summed E-state index contributed by atoms with van der Waals surface area (Å²) in [6, 6.07) is 12.9. The van der Waals surface area contributed by atoms with Crippen LogP contribution in [0.25, 0.3) is 10.9 Å². The van der Waals surface area contributed by atoms with Crippen LogP contribution in [0.4, 0.5) is 5.69 Å². The molecule has 198 valence electrons. The van der Waals surface area contributed by atoms with Gasteiger partial charge in [-0.2, -0.15) is 0 Å². The molecule has 1 saturated heterocycles. The first kappa shape index (κ1) is 25.3. The van der Waals surface area contributed by atoms with Gasteiger partial charge in [0.05, 0.1) is 12.2 Å². The van der Waals surface area contributed by atoms with E-state index in [2.05, 4.69) is 58.6 Å². The van der Waals surface area contributed by atoms with E-state index in [1.807, 2.05) is 6.07 Å². The normalized spacial score (nSPS) is 17.8. The molecule has 0 aliphatic carbocycles. The van der Waals surface area contributed by atoms with Crippen LogP contribution in [0.15, 0.2) is 60.6 Å². The van der Waals surface area contributed by atoms with E-state index in [4.69, 9.17) is 10.5 Å². The number of benzene rings is 2. The minimum atomic E-state index is -0.670. The summed E-state index contributed by atoms with van der Waals surface area (Å²) in [5, 5.41) is 6.69. The summed E-state index contributed by atoms with van der Waals surface area (Å²) in [6.07, 6.45) is 4.33. The molecule has 38 heavy (non-hydrogen) atoms. The third-order valence-corrected chi connectivity index (χ3v) is 6.92. The molecule has 1 fully saturated rings. The molecule has 1 aromatic heterocycles. The van der Waals surface area contributed by atoms with E-state index in [1.165, 1.54) is 10.4 Å². The fourth-order valence-electron chi connectivity index (χ4n) is 4.86. The van der Waals surface area contributed by atoms with Gasteiger partial charge in [0.2, 0.25) is 11.8 Å². The average Bonchev–Trinajstić information content (AvgIpc) is 3.45. The second-order valence-corrected chi connectivity index (χ2v) is 9.92. The van der Waals surface area contributed by atoms with Crippen molar-refractivity contribution >= 4 is 34.3 Å². The minimum absolute atomic E-state index is 0.124. The molecule has 0 bridgehead atoms. The van der Waals surface area contributed by atoms with Crippen molar-refractivity contribution in [3.63, 3.8) is 0 Å². The molecule has 1 unspecified atom stereocenters. The van der Waals surface area contributed by atoms with Crippen LogP contribution in [0.2, 0.25) is 0 Å². The number of fused-ring (bicyclic) bond motifs is 2. The van der Waals surface area contributed by atoms with Crippen molar-refractivity contribution in [3.05, 3.63) is 71.7 Å². The number of rotatable bonds is 9. The zero-order valence-electron chi connectivity index (χ0n) is 21.6. The molecular weight excluding hydrogens is 484 g/mol. The quantitative estimate of drug-likeness (QED) is 0.373. The average molecular weight is 517 g/mol. The fraction of sp³-hybridized carbons (Fsp3) is 0.321. The highest BCUT2D eigenvalue weighted by Gasteiger charge is 2.40. The van der Waals surface area contributed by atoms with Gasteiger partial charge in [-0.1, -0.05) is 6.07 Å². The number of amides is 3. The number of aromatic nitrogens is 1. The minimum Gasteiger partial charge on any atom is -0.487 e. The van der Waals surface area contributed by atoms with Crippen LogP contribution >= 0.6 is 0 Å². The molecule has 10 nitrogen and oxygen atoms in total. The Labute approximate surface area is 221 Å². The summed E-state index contributed by atoms with van der Waals surface area (Å²) in [7, 11) is 4.13. The molecule has 3 aromatic rings. The summed E-state index contributed by atoms with van der Waals surface area (Å²) >= 11 is 0. The number of hydrogen-bond donors (Lipinski definition) is 3. The molecule has 0 saturated carbocycles. The van der Waals surface area contributed by atoms with Crippen LogP contribution in [0.1, 0.15) is 28.8 Å². The summed E-state index contributed by atoms with van der Waals surface area (Å²) in [5.74, 6) is -0.446. The standard InChI is InChI=1S/C28H32N6O4/c1-32(2)12-13-33-11-10-18-14-20(6-7-23(18)33)30-15-19(29)17-38-25-5-3-4-21-22(25)16-34(28(21)37)24-8-9-26(35)31-27(24)36/h3-7,10-11,14-15,24,30H,8-9,12-13,16-17,29H2,1-2H3,(H,31,35,36)/b19-15-. The highest BCUT2D eigenvalue weighted by Crippen LogP contribution is 2.33. The Morgan fingerprint density at radius 2 is 2.05 bits per heavy atom. The lowest BCUT2D eigenvalue weighted by Crippen LogP contribution is -2.52. The predicted octanol–water partition coefficient (Wildman–Crippen LogP) is 2.25. The molecule has 3 heterocycles. The highest BCUT2D eigenvalue weighted by atomic mass is 16.5. The Bertz CT molecular complexity index is 1430. The molecule has 0 radical (unpaired) electrons. The maximum Gasteiger partial charge on any atom is 0.255 e. The van der Waals surface area contributed by atoms with Gasteiger partial charge in [0, 0.05) is 59.6 Å². The van der Waals surface area contributed by atoms with Crippen LogP contribution in [-0.2, 0) is 22.7 Å². The van der Waals surface area contributed by atoms with Crippen molar-refractivity contribution in [1.29, 1.82) is 0 Å². The number of likely N-dealkylation sites (N-methyl/N-ethyl adjacent to an activating group) is 1. The maximum atomic E-state index is 13.0. The first-order valence-electron chi connectivity index (χ1n) is 12.6. The monoisotopic (exact) mass is 516 g/mol. The molecule has 10 heteroatoms. The third kappa shape index (κ3) is 5.21. The number of nitrogens with one attached hydrogen (secondary N) is 2. The van der Waals surface area contributed by atoms with Crippen molar-refractivity contribution in [2.75, 3.05) is 32.6 Å². The van der Waals surface area contributed by atoms with Crippen molar-refractivity contribution in [2.45, 2.75) is 32.0 Å². The number of hydrogen-bond acceptors (Lipinski definition) is 7. The Kier molecular flexibility index (Phi) is 7.06. The molecule has 5 rings (SSSR count). The van der Waals surface area contributed by atoms with Gasteiger partial charge < -0.3 is 30.2 Å². The van der Waals surface area contributed by atoms with E-state index in [9.17, 15) is 14.4 Å². The summed E-state index contributed by atoms with van der Waals surface area (Å²) in [4.78, 5) is 40.5. The molecule has 2 aromatic carbocycles. The lowest BCUT2D eigenvalue weighted by molar-refractivity contribution is -0.136. The first-order chi connectivity index (χ1) is 18.3. The third-order valence-electron chi connectivity index (χ3n) is 6.92. The molecular formula is C28H32N6O4. The van der Waals surface area contributed by atoms with Crippen LogP contribution in [0.3, 0.4) is 0 Å². The van der Waals surface area contributed by atoms with Crippen molar-refractivity contribution < 1.29 is 19.1 Å². The fourth-order valence-corrected chi connectivity index (χ4v) is 4.86. The van der Waals surface area contributed by atoms with E-state index < -0.39 is 11.9 Å². The van der Waals surface area contributed by atoms with Gasteiger partial charge >= 0.3 is 0 Å². The Balaban J connectivity index is 1.21. The van der Waals surface area contributed by atoms with E-state index in [0.29, 0.717) is 29.0 Å². The Hall–Kier alpha value is -4.31. The van der Waals surface area contributed by atoms with E-state index >= 15 is 0 Å². The highest BCUT2D eigenvalue weighted by molar-refractivity contribution is 6.05. The number of carbonyl (C=O) groups excluding carboxylic acids is 3. The van der Waals surface area contributed by atoms with Crippen LogP contribution in [0.5, 0.6) is 5.75 Å². The van der Waals surface area contributed by atoms with E-state index in [1.54, 1.807) is 24.4 Å². The van der Waals surface area contributed by atoms with Crippen LogP contribution in [-0.4, -0.2) is 65.4 Å². The second kappa shape index (κ2) is 10.6. The van der Waals surface area contributed by atoms with Crippen molar-refractivity contribution in [3.8, 4) is 5.75 Å².